The van der Waals surface area contributed by atoms with Crippen molar-refractivity contribution < 1.29 is 19.3 Å². The van der Waals surface area contributed by atoms with Gasteiger partial charge in [-0.3, -0.25) is 0 Å². The fourth-order valence-corrected chi connectivity index (χ4v) is 4.92. The molecule has 0 saturated heterocycles. The Hall–Kier alpha value is -3.08. The Morgan fingerprint density at radius 3 is 2.33 bits per heavy atom. The van der Waals surface area contributed by atoms with Crippen molar-refractivity contribution in [2.75, 3.05) is 26.2 Å². The lowest BCUT2D eigenvalue weighted by Gasteiger charge is -2.43. The largest absolute Gasteiger partial charge is 0.507 e. The SMILES string of the molecule is COc1cc2c(c(OC)c1)C(C)N(c1ccc(OC)c3c(O)cc(C)cc13)C(C)C2. The third-order valence-corrected chi connectivity index (χ3v) is 6.16. The first kappa shape index (κ1) is 20.2. The zero-order valence-corrected chi connectivity index (χ0v) is 18.4. The van der Waals surface area contributed by atoms with Crippen LogP contribution in [0.4, 0.5) is 5.69 Å². The summed E-state index contributed by atoms with van der Waals surface area (Å²) in [5.74, 6) is 2.56. The lowest BCUT2D eigenvalue weighted by molar-refractivity contribution is 0.381. The molecule has 4 rings (SSSR count). The maximum Gasteiger partial charge on any atom is 0.130 e. The van der Waals surface area contributed by atoms with Crippen molar-refractivity contribution in [3.63, 3.8) is 0 Å². The minimum absolute atomic E-state index is 0.0869. The average Bonchev–Trinajstić information content (AvgIpc) is 2.72. The molecule has 0 aliphatic carbocycles. The molecule has 0 spiro atoms. The van der Waals surface area contributed by atoms with Gasteiger partial charge in [0.05, 0.1) is 32.8 Å². The number of nitrogens with zero attached hydrogens (tertiary/aromatic N) is 1. The Morgan fingerprint density at radius 2 is 1.67 bits per heavy atom. The van der Waals surface area contributed by atoms with Crippen LogP contribution >= 0.6 is 0 Å². The van der Waals surface area contributed by atoms with E-state index < -0.39 is 0 Å². The number of rotatable bonds is 4. The van der Waals surface area contributed by atoms with E-state index in [1.54, 1.807) is 27.4 Å². The predicted molar refractivity (Wildman–Crippen MR) is 121 cm³/mol. The van der Waals surface area contributed by atoms with Crippen molar-refractivity contribution >= 4 is 16.5 Å². The lowest BCUT2D eigenvalue weighted by atomic mass is 9.87. The van der Waals surface area contributed by atoms with Gasteiger partial charge in [-0.1, -0.05) is 0 Å². The lowest BCUT2D eigenvalue weighted by Crippen LogP contribution is -2.41. The summed E-state index contributed by atoms with van der Waals surface area (Å²) in [6.45, 7) is 6.43. The number of phenols is 1. The molecular formula is C25H29NO4. The van der Waals surface area contributed by atoms with Gasteiger partial charge in [-0.2, -0.15) is 0 Å². The van der Waals surface area contributed by atoms with Gasteiger partial charge in [0.15, 0.2) is 0 Å². The number of phenolic OH excluding ortho intramolecular Hbond substituents is 1. The Bertz CT molecular complexity index is 1110. The summed E-state index contributed by atoms with van der Waals surface area (Å²) in [5.41, 5.74) is 4.51. The van der Waals surface area contributed by atoms with Crippen LogP contribution in [0.3, 0.4) is 0 Å². The molecule has 1 N–H and O–H groups in total. The normalized spacial score (nSPS) is 18.3. The molecule has 1 heterocycles. The zero-order chi connectivity index (χ0) is 21.6. The number of ether oxygens (including phenoxy) is 3. The van der Waals surface area contributed by atoms with Gasteiger partial charge in [0, 0.05) is 28.7 Å². The number of anilines is 1. The van der Waals surface area contributed by atoms with E-state index >= 15 is 0 Å². The van der Waals surface area contributed by atoms with Crippen LogP contribution in [-0.2, 0) is 6.42 Å². The first-order valence-electron chi connectivity index (χ1n) is 10.2. The molecule has 5 heteroatoms. The van der Waals surface area contributed by atoms with E-state index in [1.807, 2.05) is 19.1 Å². The minimum Gasteiger partial charge on any atom is -0.507 e. The summed E-state index contributed by atoms with van der Waals surface area (Å²) in [5, 5.41) is 12.4. The van der Waals surface area contributed by atoms with Gasteiger partial charge in [0.2, 0.25) is 0 Å². The third-order valence-electron chi connectivity index (χ3n) is 6.16. The molecule has 3 aromatic carbocycles. The summed E-state index contributed by atoms with van der Waals surface area (Å²) < 4.78 is 16.8. The monoisotopic (exact) mass is 407 g/mol. The molecule has 0 fully saturated rings. The summed E-state index contributed by atoms with van der Waals surface area (Å²) >= 11 is 0. The van der Waals surface area contributed by atoms with Crippen molar-refractivity contribution in [3.05, 3.63) is 53.1 Å². The molecule has 0 radical (unpaired) electrons. The number of fused-ring (bicyclic) bond motifs is 2. The highest BCUT2D eigenvalue weighted by Crippen LogP contribution is 2.47. The van der Waals surface area contributed by atoms with E-state index in [0.29, 0.717) is 5.75 Å². The van der Waals surface area contributed by atoms with E-state index in [4.69, 9.17) is 14.2 Å². The molecule has 0 amide bonds. The van der Waals surface area contributed by atoms with Crippen LogP contribution < -0.4 is 19.1 Å². The second-order valence-corrected chi connectivity index (χ2v) is 8.03. The van der Waals surface area contributed by atoms with Gasteiger partial charge in [-0.05, 0) is 68.7 Å². The molecule has 1 aliphatic rings. The molecule has 5 nitrogen and oxygen atoms in total. The van der Waals surface area contributed by atoms with Gasteiger partial charge < -0.3 is 24.2 Å². The van der Waals surface area contributed by atoms with Gasteiger partial charge >= 0.3 is 0 Å². The zero-order valence-electron chi connectivity index (χ0n) is 18.4. The summed E-state index contributed by atoms with van der Waals surface area (Å²) in [7, 11) is 5.02. The second kappa shape index (κ2) is 7.63. The van der Waals surface area contributed by atoms with Crippen LogP contribution in [0.2, 0.25) is 0 Å². The number of hydrogen-bond donors (Lipinski definition) is 1. The van der Waals surface area contributed by atoms with Crippen molar-refractivity contribution in [2.45, 2.75) is 39.3 Å². The number of aryl methyl sites for hydroxylation is 1. The van der Waals surface area contributed by atoms with Crippen LogP contribution in [0.5, 0.6) is 23.0 Å². The van der Waals surface area contributed by atoms with Crippen molar-refractivity contribution in [2.24, 2.45) is 0 Å². The maximum absolute atomic E-state index is 10.7. The van der Waals surface area contributed by atoms with Crippen molar-refractivity contribution in [1.29, 1.82) is 0 Å². The number of hydrogen-bond acceptors (Lipinski definition) is 5. The number of benzene rings is 3. The first-order valence-corrected chi connectivity index (χ1v) is 10.2. The Balaban J connectivity index is 1.93. The molecule has 1 aliphatic heterocycles. The third kappa shape index (κ3) is 3.09. The van der Waals surface area contributed by atoms with E-state index in [0.717, 1.165) is 39.9 Å². The Morgan fingerprint density at radius 1 is 0.933 bits per heavy atom. The van der Waals surface area contributed by atoms with Crippen LogP contribution in [0.1, 0.15) is 36.6 Å². The molecule has 2 atom stereocenters. The van der Waals surface area contributed by atoms with Gasteiger partial charge in [-0.25, -0.2) is 0 Å². The molecule has 2 unspecified atom stereocenters. The van der Waals surface area contributed by atoms with Crippen molar-refractivity contribution in [3.8, 4) is 23.0 Å². The standard InChI is InChI=1S/C25H29NO4/c1-14-9-19-20(7-8-22(29-5)25(19)21(27)10-14)26-15(2)11-17-12-18(28-4)13-23(30-6)24(17)16(26)3/h7-10,12-13,15-16,27H,11H2,1-6H3. The number of methoxy groups -OCH3 is 3. The summed E-state index contributed by atoms with van der Waals surface area (Å²) in [6, 6.07) is 12.3. The summed E-state index contributed by atoms with van der Waals surface area (Å²) in [4.78, 5) is 2.41. The van der Waals surface area contributed by atoms with E-state index in [2.05, 4.69) is 36.9 Å². The topological polar surface area (TPSA) is 51.2 Å². The molecule has 0 aromatic heterocycles. The van der Waals surface area contributed by atoms with Crippen LogP contribution in [0, 0.1) is 6.92 Å². The van der Waals surface area contributed by atoms with Crippen LogP contribution in [0.15, 0.2) is 36.4 Å². The van der Waals surface area contributed by atoms with Gasteiger partial charge in [0.1, 0.15) is 23.0 Å². The van der Waals surface area contributed by atoms with Crippen LogP contribution in [0.25, 0.3) is 10.8 Å². The fourth-order valence-electron chi connectivity index (χ4n) is 4.92. The van der Waals surface area contributed by atoms with E-state index in [-0.39, 0.29) is 17.8 Å². The fraction of sp³-hybridized carbons (Fsp3) is 0.360. The summed E-state index contributed by atoms with van der Waals surface area (Å²) in [6.07, 6.45) is 0.874. The Kier molecular flexibility index (Phi) is 5.14. The molecule has 158 valence electrons. The highest BCUT2D eigenvalue weighted by Gasteiger charge is 2.33. The highest BCUT2D eigenvalue weighted by molar-refractivity contribution is 6.02. The average molecular weight is 408 g/mol. The van der Waals surface area contributed by atoms with Crippen molar-refractivity contribution in [1.82, 2.24) is 0 Å². The molecule has 30 heavy (non-hydrogen) atoms. The quantitative estimate of drug-likeness (QED) is 0.628. The Labute approximate surface area is 177 Å². The van der Waals surface area contributed by atoms with Gasteiger partial charge in [-0.15, -0.1) is 0 Å². The molecule has 0 saturated carbocycles. The van der Waals surface area contributed by atoms with Gasteiger partial charge in [0.25, 0.3) is 0 Å². The molecule has 3 aromatic rings. The smallest absolute Gasteiger partial charge is 0.130 e. The second-order valence-electron chi connectivity index (χ2n) is 8.03. The van der Waals surface area contributed by atoms with E-state index in [9.17, 15) is 5.11 Å². The maximum atomic E-state index is 10.7. The minimum atomic E-state index is 0.0869. The van der Waals surface area contributed by atoms with Crippen LogP contribution in [-0.4, -0.2) is 32.5 Å². The highest BCUT2D eigenvalue weighted by atomic mass is 16.5. The predicted octanol–water partition coefficient (Wildman–Crippen LogP) is 5.39. The molecular weight excluding hydrogens is 378 g/mol. The molecule has 0 bridgehead atoms. The first-order chi connectivity index (χ1) is 14.4. The number of aromatic hydroxyl groups is 1. The van der Waals surface area contributed by atoms with E-state index in [1.165, 1.54) is 11.1 Å².